The van der Waals surface area contributed by atoms with E-state index in [2.05, 4.69) is 37.9 Å². The van der Waals surface area contributed by atoms with E-state index >= 15 is 0 Å². The van der Waals surface area contributed by atoms with Gasteiger partial charge in [-0.25, -0.2) is 0 Å². The zero-order valence-corrected chi connectivity index (χ0v) is 11.6. The SMILES string of the molecule is CCCCN1CC(CC)NCC1CC(C)C. The Hall–Kier alpha value is -0.0800. The fourth-order valence-corrected chi connectivity index (χ4v) is 2.61. The van der Waals surface area contributed by atoms with Crippen LogP contribution < -0.4 is 5.32 Å². The molecule has 16 heavy (non-hydrogen) atoms. The Morgan fingerprint density at radius 1 is 1.31 bits per heavy atom. The van der Waals surface area contributed by atoms with Gasteiger partial charge in [-0.05, 0) is 31.7 Å². The minimum atomic E-state index is 0.722. The maximum absolute atomic E-state index is 3.69. The van der Waals surface area contributed by atoms with Crippen LogP contribution in [0, 0.1) is 5.92 Å². The summed E-state index contributed by atoms with van der Waals surface area (Å²) in [6.45, 7) is 13.0. The van der Waals surface area contributed by atoms with Gasteiger partial charge >= 0.3 is 0 Å². The van der Waals surface area contributed by atoms with Gasteiger partial charge in [0.15, 0.2) is 0 Å². The van der Waals surface area contributed by atoms with Crippen molar-refractivity contribution in [3.63, 3.8) is 0 Å². The average molecular weight is 226 g/mol. The highest BCUT2D eigenvalue weighted by molar-refractivity contribution is 4.85. The molecular formula is C14H30N2. The van der Waals surface area contributed by atoms with Gasteiger partial charge < -0.3 is 5.32 Å². The van der Waals surface area contributed by atoms with E-state index in [1.807, 2.05) is 0 Å². The minimum Gasteiger partial charge on any atom is -0.311 e. The molecule has 2 heteroatoms. The Morgan fingerprint density at radius 2 is 2.06 bits per heavy atom. The number of hydrogen-bond donors (Lipinski definition) is 1. The smallest absolute Gasteiger partial charge is 0.0223 e. The number of unbranched alkanes of at least 4 members (excludes halogenated alkanes) is 1. The Bertz CT molecular complexity index is 180. The van der Waals surface area contributed by atoms with Gasteiger partial charge in [-0.15, -0.1) is 0 Å². The largest absolute Gasteiger partial charge is 0.311 e. The molecule has 2 nitrogen and oxygen atoms in total. The molecule has 1 aliphatic rings. The van der Waals surface area contributed by atoms with Crippen molar-refractivity contribution in [3.8, 4) is 0 Å². The number of hydrogen-bond acceptors (Lipinski definition) is 2. The second kappa shape index (κ2) is 7.29. The third-order valence-corrected chi connectivity index (χ3v) is 3.65. The molecule has 1 heterocycles. The van der Waals surface area contributed by atoms with Gasteiger partial charge in [-0.1, -0.05) is 34.1 Å². The summed E-state index contributed by atoms with van der Waals surface area (Å²) in [6, 6.07) is 1.50. The second-order valence-electron chi connectivity index (χ2n) is 5.65. The molecule has 0 aromatic heterocycles. The van der Waals surface area contributed by atoms with Gasteiger partial charge in [-0.2, -0.15) is 0 Å². The first-order valence-electron chi connectivity index (χ1n) is 7.14. The first-order chi connectivity index (χ1) is 7.67. The van der Waals surface area contributed by atoms with Crippen molar-refractivity contribution in [1.29, 1.82) is 0 Å². The lowest BCUT2D eigenvalue weighted by Gasteiger charge is -2.41. The predicted octanol–water partition coefficient (Wildman–Crippen LogP) is 2.89. The van der Waals surface area contributed by atoms with Crippen molar-refractivity contribution in [2.24, 2.45) is 5.92 Å². The molecule has 96 valence electrons. The van der Waals surface area contributed by atoms with Crippen LogP contribution in [0.25, 0.3) is 0 Å². The maximum Gasteiger partial charge on any atom is 0.0223 e. The monoisotopic (exact) mass is 226 g/mol. The molecule has 2 unspecified atom stereocenters. The standard InChI is InChI=1S/C14H30N2/c1-5-7-8-16-11-13(6-2)15-10-14(16)9-12(3)4/h12-15H,5-11H2,1-4H3. The van der Waals surface area contributed by atoms with Gasteiger partial charge in [-0.3, -0.25) is 4.90 Å². The Balaban J connectivity index is 2.46. The summed E-state index contributed by atoms with van der Waals surface area (Å²) < 4.78 is 0. The van der Waals surface area contributed by atoms with E-state index < -0.39 is 0 Å². The first kappa shape index (κ1) is 14.0. The normalized spacial score (nSPS) is 27.6. The highest BCUT2D eigenvalue weighted by Crippen LogP contribution is 2.17. The molecule has 0 saturated carbocycles. The fourth-order valence-electron chi connectivity index (χ4n) is 2.61. The lowest BCUT2D eigenvalue weighted by molar-refractivity contribution is 0.111. The molecule has 1 fully saturated rings. The van der Waals surface area contributed by atoms with Crippen molar-refractivity contribution in [2.75, 3.05) is 19.6 Å². The van der Waals surface area contributed by atoms with Crippen molar-refractivity contribution in [2.45, 2.75) is 65.5 Å². The number of nitrogens with zero attached hydrogens (tertiary/aromatic N) is 1. The maximum atomic E-state index is 3.69. The molecule has 1 aliphatic heterocycles. The number of nitrogens with one attached hydrogen (secondary N) is 1. The molecule has 0 aliphatic carbocycles. The summed E-state index contributed by atoms with van der Waals surface area (Å²) in [7, 11) is 0. The molecule has 0 spiro atoms. The molecule has 0 radical (unpaired) electrons. The molecule has 1 rings (SSSR count). The first-order valence-corrected chi connectivity index (χ1v) is 7.14. The second-order valence-corrected chi connectivity index (χ2v) is 5.65. The molecule has 1 N–H and O–H groups in total. The van der Waals surface area contributed by atoms with E-state index in [1.54, 1.807) is 0 Å². The highest BCUT2D eigenvalue weighted by Gasteiger charge is 2.26. The van der Waals surface area contributed by atoms with Gasteiger partial charge in [0.2, 0.25) is 0 Å². The Labute approximate surface area is 102 Å². The van der Waals surface area contributed by atoms with E-state index in [4.69, 9.17) is 0 Å². The van der Waals surface area contributed by atoms with Crippen LogP contribution in [-0.4, -0.2) is 36.6 Å². The number of piperazine rings is 1. The van der Waals surface area contributed by atoms with Gasteiger partial charge in [0.05, 0.1) is 0 Å². The third-order valence-electron chi connectivity index (χ3n) is 3.65. The number of rotatable bonds is 6. The van der Waals surface area contributed by atoms with E-state index in [9.17, 15) is 0 Å². The molecule has 0 aromatic carbocycles. The van der Waals surface area contributed by atoms with Crippen LogP contribution in [0.3, 0.4) is 0 Å². The van der Waals surface area contributed by atoms with E-state index in [-0.39, 0.29) is 0 Å². The summed E-state index contributed by atoms with van der Waals surface area (Å²) >= 11 is 0. The average Bonchev–Trinajstić information content (AvgIpc) is 2.27. The van der Waals surface area contributed by atoms with Crippen LogP contribution >= 0.6 is 0 Å². The molecule has 1 saturated heterocycles. The Kier molecular flexibility index (Phi) is 6.37. The van der Waals surface area contributed by atoms with Crippen molar-refractivity contribution < 1.29 is 0 Å². The molecule has 0 bridgehead atoms. The van der Waals surface area contributed by atoms with Gasteiger partial charge in [0, 0.05) is 25.2 Å². The fraction of sp³-hybridized carbons (Fsp3) is 1.00. The lowest BCUT2D eigenvalue weighted by atomic mass is 9.98. The molecule has 2 atom stereocenters. The van der Waals surface area contributed by atoms with Crippen molar-refractivity contribution >= 4 is 0 Å². The topological polar surface area (TPSA) is 15.3 Å². The summed E-state index contributed by atoms with van der Waals surface area (Å²) in [5.74, 6) is 0.814. The molecule has 0 amide bonds. The van der Waals surface area contributed by atoms with Crippen molar-refractivity contribution in [3.05, 3.63) is 0 Å². The van der Waals surface area contributed by atoms with Crippen LogP contribution in [0.5, 0.6) is 0 Å². The van der Waals surface area contributed by atoms with Gasteiger partial charge in [0.1, 0.15) is 0 Å². The zero-order chi connectivity index (χ0) is 12.0. The summed E-state index contributed by atoms with van der Waals surface area (Å²) in [4.78, 5) is 2.73. The third kappa shape index (κ3) is 4.42. The quantitative estimate of drug-likeness (QED) is 0.749. The van der Waals surface area contributed by atoms with Crippen LogP contribution in [0.2, 0.25) is 0 Å². The minimum absolute atomic E-state index is 0.722. The summed E-state index contributed by atoms with van der Waals surface area (Å²) in [5.41, 5.74) is 0. The highest BCUT2D eigenvalue weighted by atomic mass is 15.2. The van der Waals surface area contributed by atoms with E-state index in [0.29, 0.717) is 0 Å². The van der Waals surface area contributed by atoms with Crippen LogP contribution in [0.4, 0.5) is 0 Å². The Morgan fingerprint density at radius 3 is 2.62 bits per heavy atom. The molecular weight excluding hydrogens is 196 g/mol. The summed E-state index contributed by atoms with van der Waals surface area (Å²) in [6.07, 6.45) is 5.27. The van der Waals surface area contributed by atoms with Crippen LogP contribution in [0.15, 0.2) is 0 Å². The van der Waals surface area contributed by atoms with Gasteiger partial charge in [0.25, 0.3) is 0 Å². The van der Waals surface area contributed by atoms with E-state index in [0.717, 1.165) is 18.0 Å². The lowest BCUT2D eigenvalue weighted by Crippen LogP contribution is -2.56. The predicted molar refractivity (Wildman–Crippen MR) is 71.8 cm³/mol. The van der Waals surface area contributed by atoms with Crippen LogP contribution in [0.1, 0.15) is 53.4 Å². The van der Waals surface area contributed by atoms with Crippen LogP contribution in [-0.2, 0) is 0 Å². The molecule has 0 aromatic rings. The zero-order valence-electron chi connectivity index (χ0n) is 11.6. The van der Waals surface area contributed by atoms with Crippen molar-refractivity contribution in [1.82, 2.24) is 10.2 Å². The van der Waals surface area contributed by atoms with E-state index in [1.165, 1.54) is 45.3 Å². The summed E-state index contributed by atoms with van der Waals surface area (Å²) in [5, 5.41) is 3.69.